The number of nitrogens with two attached hydrogens (primary N) is 1. The van der Waals surface area contributed by atoms with Crippen LogP contribution in [0.1, 0.15) is 29.2 Å². The molecule has 0 aromatic heterocycles. The number of halogens is 1. The van der Waals surface area contributed by atoms with Crippen molar-refractivity contribution in [1.29, 1.82) is 0 Å². The van der Waals surface area contributed by atoms with Crippen molar-refractivity contribution >= 4 is 35.2 Å². The number of hydrogen-bond donors (Lipinski definition) is 3. The van der Waals surface area contributed by atoms with Gasteiger partial charge in [-0.3, -0.25) is 9.59 Å². The Balaban J connectivity index is 1.95. The number of nitrogens with one attached hydrogen (secondary N) is 2. The summed E-state index contributed by atoms with van der Waals surface area (Å²) >= 11 is 6.12. The van der Waals surface area contributed by atoms with Crippen molar-refractivity contribution < 1.29 is 19.1 Å². The minimum absolute atomic E-state index is 0.219. The molecule has 3 amide bonds. The molecule has 8 heteroatoms. The van der Waals surface area contributed by atoms with Crippen LogP contribution in [0.25, 0.3) is 0 Å². The topological polar surface area (TPSA) is 111 Å². The number of carbonyl (C=O) groups is 3. The van der Waals surface area contributed by atoms with Crippen LogP contribution in [0.2, 0.25) is 5.02 Å². The Bertz CT molecular complexity index is 886. The highest BCUT2D eigenvalue weighted by molar-refractivity contribution is 6.31. The highest BCUT2D eigenvalue weighted by Gasteiger charge is 2.21. The monoisotopic (exact) mass is 403 g/mol. The van der Waals surface area contributed by atoms with Gasteiger partial charge in [0.25, 0.3) is 5.91 Å². The molecule has 0 aliphatic carbocycles. The van der Waals surface area contributed by atoms with Gasteiger partial charge in [0.2, 0.25) is 0 Å². The highest BCUT2D eigenvalue weighted by Crippen LogP contribution is 2.25. The number of benzene rings is 2. The second-order valence-electron chi connectivity index (χ2n) is 6.24. The summed E-state index contributed by atoms with van der Waals surface area (Å²) in [5.74, 6) is -1.13. The summed E-state index contributed by atoms with van der Waals surface area (Å²) in [5.41, 5.74) is 8.34. The zero-order valence-electron chi connectivity index (χ0n) is 15.6. The summed E-state index contributed by atoms with van der Waals surface area (Å²) < 4.78 is 5.03. The first kappa shape index (κ1) is 21.2. The Morgan fingerprint density at radius 1 is 1.11 bits per heavy atom. The van der Waals surface area contributed by atoms with E-state index in [0.29, 0.717) is 16.3 Å². The predicted octanol–water partition coefficient (Wildman–Crippen LogP) is 3.24. The number of ether oxygens (including phenoxy) is 1. The van der Waals surface area contributed by atoms with Crippen LogP contribution >= 0.6 is 11.6 Å². The van der Waals surface area contributed by atoms with E-state index in [4.69, 9.17) is 22.1 Å². The predicted molar refractivity (Wildman–Crippen MR) is 107 cm³/mol. The standard InChI is InChI=1S/C20H22ClN3O4/c1-12-6-5-9-16(13(12)2)23-18(25)11-28-19(26)10-17(24-20(22)27)14-7-3-4-8-15(14)21/h3-9,17H,10-11H2,1-2H3,(H,23,25)(H3,22,24,27)/t17-/m0/s1. The fraction of sp³-hybridized carbons (Fsp3) is 0.250. The molecule has 2 aromatic carbocycles. The smallest absolute Gasteiger partial charge is 0.312 e. The third-order valence-corrected chi connectivity index (χ3v) is 4.56. The van der Waals surface area contributed by atoms with E-state index in [0.717, 1.165) is 11.1 Å². The number of amides is 3. The van der Waals surface area contributed by atoms with E-state index in [1.165, 1.54) is 0 Å². The molecule has 148 valence electrons. The normalized spacial score (nSPS) is 11.4. The van der Waals surface area contributed by atoms with Crippen molar-refractivity contribution in [2.45, 2.75) is 26.3 Å². The fourth-order valence-corrected chi connectivity index (χ4v) is 2.88. The molecule has 0 radical (unpaired) electrons. The molecule has 0 aliphatic heterocycles. The minimum Gasteiger partial charge on any atom is -0.455 e. The summed E-state index contributed by atoms with van der Waals surface area (Å²) in [4.78, 5) is 35.5. The highest BCUT2D eigenvalue weighted by atomic mass is 35.5. The summed E-state index contributed by atoms with van der Waals surface area (Å²) in [5, 5.41) is 5.54. The van der Waals surface area contributed by atoms with Gasteiger partial charge < -0.3 is 21.1 Å². The quantitative estimate of drug-likeness (QED) is 0.616. The summed E-state index contributed by atoms with van der Waals surface area (Å²) in [6.45, 7) is 3.38. The van der Waals surface area contributed by atoms with Crippen molar-refractivity contribution in [3.63, 3.8) is 0 Å². The third kappa shape index (κ3) is 5.99. The Labute approximate surface area is 168 Å². The number of esters is 1. The maximum Gasteiger partial charge on any atom is 0.312 e. The Morgan fingerprint density at radius 3 is 2.50 bits per heavy atom. The third-order valence-electron chi connectivity index (χ3n) is 4.21. The maximum absolute atomic E-state index is 12.2. The number of carbonyl (C=O) groups excluding carboxylic acids is 3. The molecule has 2 aromatic rings. The van der Waals surface area contributed by atoms with Gasteiger partial charge in [-0.25, -0.2) is 4.79 Å². The SMILES string of the molecule is Cc1cccc(NC(=O)COC(=O)C[C@H](NC(N)=O)c2ccccc2Cl)c1C. The van der Waals surface area contributed by atoms with Gasteiger partial charge in [-0.1, -0.05) is 41.9 Å². The second kappa shape index (κ2) is 9.75. The molecule has 0 saturated heterocycles. The molecule has 0 heterocycles. The van der Waals surface area contributed by atoms with Gasteiger partial charge in [0, 0.05) is 10.7 Å². The Hall–Kier alpha value is -3.06. The first-order valence-corrected chi connectivity index (χ1v) is 8.97. The Kier molecular flexibility index (Phi) is 7.40. The number of anilines is 1. The van der Waals surface area contributed by atoms with E-state index in [1.807, 2.05) is 26.0 Å². The molecular weight excluding hydrogens is 382 g/mol. The Morgan fingerprint density at radius 2 is 1.82 bits per heavy atom. The van der Waals surface area contributed by atoms with E-state index in [9.17, 15) is 14.4 Å². The van der Waals surface area contributed by atoms with Crippen LogP contribution in [-0.4, -0.2) is 24.5 Å². The number of aryl methyl sites for hydroxylation is 1. The molecule has 4 N–H and O–H groups in total. The lowest BCUT2D eigenvalue weighted by Gasteiger charge is -2.18. The van der Waals surface area contributed by atoms with Crippen molar-refractivity contribution in [3.8, 4) is 0 Å². The first-order chi connectivity index (χ1) is 13.3. The molecule has 28 heavy (non-hydrogen) atoms. The van der Waals surface area contributed by atoms with Crippen LogP contribution in [0.15, 0.2) is 42.5 Å². The molecule has 0 aliphatic rings. The van der Waals surface area contributed by atoms with Crippen molar-refractivity contribution in [2.24, 2.45) is 5.73 Å². The number of urea groups is 1. The van der Waals surface area contributed by atoms with Crippen LogP contribution in [-0.2, 0) is 14.3 Å². The van der Waals surface area contributed by atoms with Gasteiger partial charge in [-0.2, -0.15) is 0 Å². The van der Waals surface area contributed by atoms with Gasteiger partial charge in [0.15, 0.2) is 6.61 Å². The molecule has 0 unspecified atom stereocenters. The van der Waals surface area contributed by atoms with Gasteiger partial charge in [-0.15, -0.1) is 0 Å². The lowest BCUT2D eigenvalue weighted by atomic mass is 10.0. The van der Waals surface area contributed by atoms with Crippen LogP contribution in [0, 0.1) is 13.8 Å². The number of rotatable bonds is 7. The van der Waals surface area contributed by atoms with E-state index < -0.39 is 30.6 Å². The van der Waals surface area contributed by atoms with Crippen molar-refractivity contribution in [2.75, 3.05) is 11.9 Å². The van der Waals surface area contributed by atoms with E-state index in [1.54, 1.807) is 30.3 Å². The minimum atomic E-state index is -0.801. The average Bonchev–Trinajstić information content (AvgIpc) is 2.63. The van der Waals surface area contributed by atoms with Gasteiger partial charge in [-0.05, 0) is 42.7 Å². The molecule has 1 atom stereocenters. The zero-order chi connectivity index (χ0) is 20.7. The molecule has 0 spiro atoms. The van der Waals surface area contributed by atoms with E-state index in [-0.39, 0.29) is 6.42 Å². The zero-order valence-corrected chi connectivity index (χ0v) is 16.4. The lowest BCUT2D eigenvalue weighted by Crippen LogP contribution is -2.35. The van der Waals surface area contributed by atoms with Gasteiger partial charge >= 0.3 is 12.0 Å². The van der Waals surface area contributed by atoms with Crippen molar-refractivity contribution in [3.05, 3.63) is 64.2 Å². The van der Waals surface area contributed by atoms with Crippen LogP contribution in [0.3, 0.4) is 0 Å². The summed E-state index contributed by atoms with van der Waals surface area (Å²) in [6, 6.07) is 10.7. The molecular formula is C20H22ClN3O4. The lowest BCUT2D eigenvalue weighted by molar-refractivity contribution is -0.147. The fourth-order valence-electron chi connectivity index (χ4n) is 2.61. The molecule has 0 fully saturated rings. The van der Waals surface area contributed by atoms with Crippen LogP contribution < -0.4 is 16.4 Å². The van der Waals surface area contributed by atoms with Crippen molar-refractivity contribution in [1.82, 2.24) is 5.32 Å². The first-order valence-electron chi connectivity index (χ1n) is 8.60. The molecule has 2 rings (SSSR count). The van der Waals surface area contributed by atoms with E-state index in [2.05, 4.69) is 10.6 Å². The maximum atomic E-state index is 12.2. The molecule has 0 saturated carbocycles. The number of hydrogen-bond acceptors (Lipinski definition) is 4. The molecule has 7 nitrogen and oxygen atoms in total. The largest absolute Gasteiger partial charge is 0.455 e. The van der Waals surface area contributed by atoms with Gasteiger partial charge in [0.05, 0.1) is 12.5 Å². The average molecular weight is 404 g/mol. The van der Waals surface area contributed by atoms with Crippen LogP contribution in [0.4, 0.5) is 10.5 Å². The molecule has 0 bridgehead atoms. The van der Waals surface area contributed by atoms with Gasteiger partial charge in [0.1, 0.15) is 0 Å². The number of primary amides is 1. The summed E-state index contributed by atoms with van der Waals surface area (Å²) in [6.07, 6.45) is -0.219. The van der Waals surface area contributed by atoms with E-state index >= 15 is 0 Å². The summed E-state index contributed by atoms with van der Waals surface area (Å²) in [7, 11) is 0. The van der Waals surface area contributed by atoms with Crippen LogP contribution in [0.5, 0.6) is 0 Å². The second-order valence-corrected chi connectivity index (χ2v) is 6.65.